The Labute approximate surface area is 143 Å². The van der Waals surface area contributed by atoms with Gasteiger partial charge in [0, 0.05) is 51.9 Å². The fraction of sp³-hybridized carbons (Fsp3) is 0.944. The summed E-state index contributed by atoms with van der Waals surface area (Å²) in [7, 11) is 2.21. The molecule has 0 bridgehead atoms. The Bertz CT molecular complexity index is 366. The van der Waals surface area contributed by atoms with Gasteiger partial charge in [0.25, 0.3) is 0 Å². The number of likely N-dealkylation sites (tertiary alicyclic amines) is 1. The van der Waals surface area contributed by atoms with Crippen LogP contribution in [0, 0.1) is 11.8 Å². The van der Waals surface area contributed by atoms with Crippen molar-refractivity contribution in [3.8, 4) is 0 Å². The Balaban J connectivity index is 1.92. The van der Waals surface area contributed by atoms with Crippen LogP contribution in [0.1, 0.15) is 34.1 Å². The van der Waals surface area contributed by atoms with Crippen molar-refractivity contribution < 1.29 is 0 Å². The molecule has 0 saturated carbocycles. The fourth-order valence-electron chi connectivity index (χ4n) is 3.86. The molecule has 2 heterocycles. The van der Waals surface area contributed by atoms with Crippen LogP contribution < -0.4 is 5.32 Å². The van der Waals surface area contributed by atoms with Crippen molar-refractivity contribution in [3.63, 3.8) is 0 Å². The lowest BCUT2D eigenvalue weighted by Crippen LogP contribution is -2.50. The van der Waals surface area contributed by atoms with E-state index in [1.807, 2.05) is 0 Å². The second kappa shape index (κ2) is 8.88. The molecule has 2 aliphatic rings. The molecule has 0 aromatic heterocycles. The van der Waals surface area contributed by atoms with Crippen LogP contribution in [-0.2, 0) is 0 Å². The molecule has 5 heteroatoms. The lowest BCUT2D eigenvalue weighted by atomic mass is 9.92. The summed E-state index contributed by atoms with van der Waals surface area (Å²) in [5, 5.41) is 3.51. The third-order valence-electron chi connectivity index (χ3n) is 5.17. The zero-order chi connectivity index (χ0) is 16.8. The zero-order valence-corrected chi connectivity index (χ0v) is 15.9. The maximum absolute atomic E-state index is 4.98. The van der Waals surface area contributed by atoms with Crippen molar-refractivity contribution in [1.29, 1.82) is 0 Å². The summed E-state index contributed by atoms with van der Waals surface area (Å²) in [5.74, 6) is 2.64. The van der Waals surface area contributed by atoms with Crippen molar-refractivity contribution in [1.82, 2.24) is 20.0 Å². The molecule has 3 atom stereocenters. The number of piperazine rings is 1. The molecule has 2 fully saturated rings. The van der Waals surface area contributed by atoms with E-state index in [1.54, 1.807) is 0 Å². The largest absolute Gasteiger partial charge is 0.357 e. The first-order valence-corrected chi connectivity index (χ1v) is 9.45. The number of piperidine rings is 1. The molecular weight excluding hydrogens is 286 g/mol. The Morgan fingerprint density at radius 1 is 1.13 bits per heavy atom. The molecular formula is C18H37N5. The highest BCUT2D eigenvalue weighted by molar-refractivity contribution is 5.80. The predicted octanol–water partition coefficient (Wildman–Crippen LogP) is 1.57. The average molecular weight is 324 g/mol. The van der Waals surface area contributed by atoms with Gasteiger partial charge in [-0.3, -0.25) is 9.89 Å². The van der Waals surface area contributed by atoms with E-state index in [-0.39, 0.29) is 0 Å². The molecule has 0 spiro atoms. The number of nitrogens with zero attached hydrogens (tertiary/aromatic N) is 4. The summed E-state index contributed by atoms with van der Waals surface area (Å²) in [6.07, 6.45) is 1.34. The second-order valence-corrected chi connectivity index (χ2v) is 7.73. The van der Waals surface area contributed by atoms with Gasteiger partial charge in [0.1, 0.15) is 0 Å². The van der Waals surface area contributed by atoms with Crippen molar-refractivity contribution in [2.75, 3.05) is 59.4 Å². The first-order chi connectivity index (χ1) is 11.0. The number of aliphatic imine (C=N–C) groups is 1. The molecule has 2 aliphatic heterocycles. The minimum Gasteiger partial charge on any atom is -0.357 e. The maximum atomic E-state index is 4.98. The molecule has 134 valence electrons. The summed E-state index contributed by atoms with van der Waals surface area (Å²) >= 11 is 0. The number of rotatable bonds is 4. The highest BCUT2D eigenvalue weighted by atomic mass is 15.3. The third kappa shape index (κ3) is 5.64. The summed E-state index contributed by atoms with van der Waals surface area (Å²) in [6, 6.07) is 0.525. The van der Waals surface area contributed by atoms with E-state index in [0.717, 1.165) is 44.0 Å². The van der Waals surface area contributed by atoms with Crippen molar-refractivity contribution >= 4 is 5.96 Å². The van der Waals surface area contributed by atoms with Gasteiger partial charge in [-0.15, -0.1) is 0 Å². The van der Waals surface area contributed by atoms with E-state index in [2.05, 4.69) is 54.8 Å². The Morgan fingerprint density at radius 2 is 1.74 bits per heavy atom. The quantitative estimate of drug-likeness (QED) is 0.629. The average Bonchev–Trinajstić information content (AvgIpc) is 2.50. The van der Waals surface area contributed by atoms with Crippen LogP contribution in [0.25, 0.3) is 0 Å². The molecule has 0 aromatic carbocycles. The van der Waals surface area contributed by atoms with Crippen LogP contribution in [-0.4, -0.2) is 86.1 Å². The smallest absolute Gasteiger partial charge is 0.193 e. The molecule has 2 saturated heterocycles. The summed E-state index contributed by atoms with van der Waals surface area (Å²) in [6.45, 7) is 18.0. The first kappa shape index (κ1) is 18.5. The molecule has 5 nitrogen and oxygen atoms in total. The standard InChI is InChI=1S/C18H37N5/c1-6-19-18(23-13-15(2)11-16(3)14-23)20-12-17(4)22-9-7-21(5)8-10-22/h15-17H,6-14H2,1-5H3,(H,19,20). The van der Waals surface area contributed by atoms with Crippen LogP contribution >= 0.6 is 0 Å². The van der Waals surface area contributed by atoms with Crippen molar-refractivity contribution in [2.45, 2.75) is 40.2 Å². The molecule has 0 aromatic rings. The van der Waals surface area contributed by atoms with Crippen LogP contribution in [0.5, 0.6) is 0 Å². The molecule has 0 aliphatic carbocycles. The van der Waals surface area contributed by atoms with Gasteiger partial charge >= 0.3 is 0 Å². The summed E-state index contributed by atoms with van der Waals surface area (Å²) in [4.78, 5) is 12.4. The molecule has 0 radical (unpaired) electrons. The molecule has 0 amide bonds. The van der Waals surface area contributed by atoms with E-state index in [0.29, 0.717) is 6.04 Å². The minimum atomic E-state index is 0.525. The summed E-state index contributed by atoms with van der Waals surface area (Å²) in [5.41, 5.74) is 0. The molecule has 1 N–H and O–H groups in total. The van der Waals surface area contributed by atoms with Crippen LogP contribution in [0.3, 0.4) is 0 Å². The summed E-state index contributed by atoms with van der Waals surface area (Å²) < 4.78 is 0. The lowest BCUT2D eigenvalue weighted by Gasteiger charge is -2.38. The van der Waals surface area contributed by atoms with E-state index < -0.39 is 0 Å². The van der Waals surface area contributed by atoms with Gasteiger partial charge in [-0.25, -0.2) is 0 Å². The van der Waals surface area contributed by atoms with Gasteiger partial charge in [-0.2, -0.15) is 0 Å². The number of guanidine groups is 1. The van der Waals surface area contributed by atoms with E-state index in [1.165, 1.54) is 32.6 Å². The van der Waals surface area contributed by atoms with E-state index in [9.17, 15) is 0 Å². The Morgan fingerprint density at radius 3 is 2.30 bits per heavy atom. The minimum absolute atomic E-state index is 0.525. The van der Waals surface area contributed by atoms with Crippen LogP contribution in [0.4, 0.5) is 0 Å². The van der Waals surface area contributed by atoms with E-state index in [4.69, 9.17) is 4.99 Å². The van der Waals surface area contributed by atoms with Crippen molar-refractivity contribution in [2.24, 2.45) is 16.8 Å². The first-order valence-electron chi connectivity index (χ1n) is 9.45. The van der Waals surface area contributed by atoms with E-state index >= 15 is 0 Å². The van der Waals surface area contributed by atoms with Crippen LogP contribution in [0.15, 0.2) is 4.99 Å². The number of hydrogen-bond donors (Lipinski definition) is 1. The van der Waals surface area contributed by atoms with Gasteiger partial charge < -0.3 is 15.1 Å². The van der Waals surface area contributed by atoms with Gasteiger partial charge in [0.2, 0.25) is 0 Å². The van der Waals surface area contributed by atoms with Gasteiger partial charge in [0.05, 0.1) is 6.54 Å². The maximum Gasteiger partial charge on any atom is 0.193 e. The zero-order valence-electron chi connectivity index (χ0n) is 15.9. The third-order valence-corrected chi connectivity index (χ3v) is 5.17. The topological polar surface area (TPSA) is 34.1 Å². The number of likely N-dealkylation sites (N-methyl/N-ethyl adjacent to an activating group) is 1. The lowest BCUT2D eigenvalue weighted by molar-refractivity contribution is 0.121. The van der Waals surface area contributed by atoms with Crippen molar-refractivity contribution in [3.05, 3.63) is 0 Å². The number of hydrogen-bond acceptors (Lipinski definition) is 3. The molecule has 23 heavy (non-hydrogen) atoms. The predicted molar refractivity (Wildman–Crippen MR) is 99.0 cm³/mol. The van der Waals surface area contributed by atoms with Crippen LogP contribution in [0.2, 0.25) is 0 Å². The van der Waals surface area contributed by atoms with Gasteiger partial charge in [-0.05, 0) is 39.2 Å². The monoisotopic (exact) mass is 323 g/mol. The Hall–Kier alpha value is -0.810. The normalized spacial score (nSPS) is 29.6. The second-order valence-electron chi connectivity index (χ2n) is 7.73. The van der Waals surface area contributed by atoms with Gasteiger partial charge in [0.15, 0.2) is 5.96 Å². The Kier molecular flexibility index (Phi) is 7.15. The van der Waals surface area contributed by atoms with Gasteiger partial charge in [-0.1, -0.05) is 13.8 Å². The molecule has 2 rings (SSSR count). The SMILES string of the molecule is CCNC(=NCC(C)N1CCN(C)CC1)N1CC(C)CC(C)C1. The number of nitrogens with one attached hydrogen (secondary N) is 1. The highest BCUT2D eigenvalue weighted by Gasteiger charge is 2.24. The molecule has 3 unspecified atom stereocenters. The fourth-order valence-corrected chi connectivity index (χ4v) is 3.86. The highest BCUT2D eigenvalue weighted by Crippen LogP contribution is 2.21.